The van der Waals surface area contributed by atoms with Crippen molar-refractivity contribution >= 4 is 79.5 Å². The molecule has 3 heterocycles. The number of para-hydroxylation sites is 2. The molecule has 49 heavy (non-hydrogen) atoms. The van der Waals surface area contributed by atoms with Crippen LogP contribution in [0.3, 0.4) is 0 Å². The Balaban J connectivity index is 1.19. The van der Waals surface area contributed by atoms with Gasteiger partial charge in [-0.05, 0) is 79.8 Å². The zero-order valence-corrected chi connectivity index (χ0v) is 29.0. The summed E-state index contributed by atoms with van der Waals surface area (Å²) in [5, 5.41) is 10.5. The summed E-state index contributed by atoms with van der Waals surface area (Å²) in [5.41, 5.74) is 3.43. The smallest absolute Gasteiger partial charge is 0.254 e. The topological polar surface area (TPSA) is 130 Å². The molecule has 6 unspecified atom stereocenters. The highest BCUT2D eigenvalue weighted by atomic mass is 79.9. The second-order valence-electron chi connectivity index (χ2n) is 12.7. The van der Waals surface area contributed by atoms with E-state index in [4.69, 9.17) is 32.4 Å². The highest BCUT2D eigenvalue weighted by molar-refractivity contribution is 9.09. The number of carbonyl (C=O) groups is 4. The molecule has 1 N–H and O–H groups in total. The molecule has 4 amide bonds. The maximum absolute atomic E-state index is 14.4. The number of hydrogen-bond donors (Lipinski definition) is 1. The number of phenolic OH excluding ortho intramolecular Hbond substituents is 1. The summed E-state index contributed by atoms with van der Waals surface area (Å²) in [6.07, 6.45) is 1.96. The summed E-state index contributed by atoms with van der Waals surface area (Å²) in [6, 6.07) is 18.9. The molecule has 2 aliphatic carbocycles. The molecule has 0 bridgehead atoms. The summed E-state index contributed by atoms with van der Waals surface area (Å²) in [4.78, 5) is 59.1. The first-order valence-corrected chi connectivity index (χ1v) is 17.7. The van der Waals surface area contributed by atoms with E-state index in [1.54, 1.807) is 43.3 Å². The van der Waals surface area contributed by atoms with E-state index in [1.165, 1.54) is 11.0 Å². The predicted octanol–water partition coefficient (Wildman–Crippen LogP) is 6.51. The van der Waals surface area contributed by atoms with E-state index in [1.807, 2.05) is 30.3 Å². The Hall–Kier alpha value is -4.19. The van der Waals surface area contributed by atoms with Gasteiger partial charge in [0.1, 0.15) is 5.52 Å². The van der Waals surface area contributed by atoms with Crippen LogP contribution < -0.4 is 9.64 Å². The van der Waals surface area contributed by atoms with E-state index >= 15 is 0 Å². The van der Waals surface area contributed by atoms with Crippen LogP contribution in [0.2, 0.25) is 0 Å². The fraction of sp³-hybridized carbons (Fsp3) is 0.306. The summed E-state index contributed by atoms with van der Waals surface area (Å²) >= 11 is 17.9. The van der Waals surface area contributed by atoms with Crippen molar-refractivity contribution in [3.63, 3.8) is 0 Å². The van der Waals surface area contributed by atoms with Crippen molar-refractivity contribution in [2.24, 2.45) is 17.8 Å². The van der Waals surface area contributed by atoms with Crippen LogP contribution in [0.25, 0.3) is 22.6 Å². The summed E-state index contributed by atoms with van der Waals surface area (Å²) < 4.78 is 11.5. The molecule has 0 radical (unpaired) electrons. The number of halogens is 3. The zero-order chi connectivity index (χ0) is 34.4. The van der Waals surface area contributed by atoms with E-state index < -0.39 is 51.1 Å². The van der Waals surface area contributed by atoms with Crippen molar-refractivity contribution in [3.8, 4) is 23.0 Å². The van der Waals surface area contributed by atoms with Gasteiger partial charge in [-0.1, -0.05) is 45.8 Å². The lowest BCUT2D eigenvalue weighted by atomic mass is 9.56. The molecule has 1 saturated carbocycles. The first kappa shape index (κ1) is 32.0. The van der Waals surface area contributed by atoms with Gasteiger partial charge in [0, 0.05) is 11.5 Å². The second-order valence-corrected chi connectivity index (χ2v) is 14.4. The summed E-state index contributed by atoms with van der Waals surface area (Å²) in [7, 11) is 0. The van der Waals surface area contributed by atoms with E-state index in [0.717, 1.165) is 4.90 Å². The Kier molecular flexibility index (Phi) is 7.47. The highest BCUT2D eigenvalue weighted by Gasteiger charge is 2.76. The number of alkyl halides is 3. The van der Waals surface area contributed by atoms with Crippen molar-refractivity contribution < 1.29 is 33.4 Å². The van der Waals surface area contributed by atoms with Crippen LogP contribution in [0.5, 0.6) is 11.5 Å². The quantitative estimate of drug-likeness (QED) is 0.102. The third-order valence-corrected chi connectivity index (χ3v) is 12.2. The molecule has 2 saturated heterocycles. The van der Waals surface area contributed by atoms with Gasteiger partial charge in [-0.2, -0.15) is 0 Å². The third-order valence-electron chi connectivity index (χ3n) is 10.3. The highest BCUT2D eigenvalue weighted by Crippen LogP contribution is 2.65. The molecular formula is C36H28BrCl2N3O7. The lowest BCUT2D eigenvalue weighted by molar-refractivity contribution is -0.138. The molecule has 250 valence electrons. The largest absolute Gasteiger partial charge is 0.504 e. The Morgan fingerprint density at radius 1 is 1.00 bits per heavy atom. The normalized spacial score (nSPS) is 29.3. The number of phenols is 1. The first-order chi connectivity index (χ1) is 23.5. The van der Waals surface area contributed by atoms with Crippen molar-refractivity contribution in [3.05, 3.63) is 83.9 Å². The van der Waals surface area contributed by atoms with Gasteiger partial charge in [-0.25, -0.2) is 4.98 Å². The Bertz CT molecular complexity index is 2090. The number of likely N-dealkylation sites (tertiary alicyclic amines) is 1. The molecule has 4 aromatic rings. The molecule has 3 aromatic carbocycles. The maximum atomic E-state index is 14.4. The van der Waals surface area contributed by atoms with Gasteiger partial charge in [0.15, 0.2) is 26.8 Å². The van der Waals surface area contributed by atoms with Crippen LogP contribution in [0.1, 0.15) is 31.2 Å². The van der Waals surface area contributed by atoms with Crippen molar-refractivity contribution in [2.75, 3.05) is 17.0 Å². The Morgan fingerprint density at radius 2 is 1.76 bits per heavy atom. The average Bonchev–Trinajstić information content (AvgIpc) is 3.69. The number of imide groups is 2. The van der Waals surface area contributed by atoms with Crippen LogP contribution in [0.15, 0.2) is 82.8 Å². The van der Waals surface area contributed by atoms with Crippen molar-refractivity contribution in [1.82, 2.24) is 9.88 Å². The van der Waals surface area contributed by atoms with Gasteiger partial charge >= 0.3 is 0 Å². The number of aromatic hydroxyl groups is 1. The molecule has 10 nitrogen and oxygen atoms in total. The zero-order valence-electron chi connectivity index (χ0n) is 25.9. The van der Waals surface area contributed by atoms with Gasteiger partial charge in [-0.3, -0.25) is 29.0 Å². The number of rotatable bonds is 6. The number of aromatic nitrogens is 1. The summed E-state index contributed by atoms with van der Waals surface area (Å²) in [6.45, 7) is 2.03. The third kappa shape index (κ3) is 4.41. The molecular weight excluding hydrogens is 737 g/mol. The van der Waals surface area contributed by atoms with Gasteiger partial charge in [0.05, 0.1) is 29.6 Å². The number of oxazole rings is 1. The molecule has 2 aliphatic heterocycles. The number of allylic oxidation sites excluding steroid dienone is 2. The molecule has 4 aliphatic rings. The van der Waals surface area contributed by atoms with Gasteiger partial charge in [0.2, 0.25) is 17.7 Å². The molecule has 6 atom stereocenters. The number of amides is 4. The molecule has 1 aromatic heterocycles. The maximum Gasteiger partial charge on any atom is 0.254 e. The van der Waals surface area contributed by atoms with Gasteiger partial charge in [-0.15, -0.1) is 23.2 Å². The number of carbonyl (C=O) groups excluding carboxylic acids is 4. The van der Waals surface area contributed by atoms with E-state index in [0.29, 0.717) is 39.4 Å². The lowest BCUT2D eigenvalue weighted by Crippen LogP contribution is -2.60. The number of ether oxygens (including phenoxy) is 1. The first-order valence-electron chi connectivity index (χ1n) is 15.8. The fourth-order valence-electron chi connectivity index (χ4n) is 8.11. The van der Waals surface area contributed by atoms with E-state index in [-0.39, 0.29) is 42.3 Å². The predicted molar refractivity (Wildman–Crippen MR) is 185 cm³/mol. The van der Waals surface area contributed by atoms with Crippen LogP contribution in [-0.2, 0) is 19.2 Å². The SMILES string of the molecule is CCOc1cc(C2C3=CCC4C(=O)N(c5ccc(-c6nc7ccccc7o6)cc5)C(=O)C4C3CC3(Cl)C(=O)N(CBr)C(=O)C23Cl)ccc1O. The monoisotopic (exact) mass is 763 g/mol. The molecule has 8 rings (SSSR count). The van der Waals surface area contributed by atoms with Gasteiger partial charge < -0.3 is 14.3 Å². The van der Waals surface area contributed by atoms with E-state index in [2.05, 4.69) is 20.9 Å². The number of nitrogens with zero attached hydrogens (tertiary/aromatic N) is 3. The molecule has 13 heteroatoms. The number of benzene rings is 3. The minimum Gasteiger partial charge on any atom is -0.504 e. The van der Waals surface area contributed by atoms with Crippen molar-refractivity contribution in [1.29, 1.82) is 0 Å². The number of fused-ring (bicyclic) bond motifs is 5. The van der Waals surface area contributed by atoms with Crippen LogP contribution in [0.4, 0.5) is 5.69 Å². The minimum atomic E-state index is -1.96. The molecule has 0 spiro atoms. The Labute approximate surface area is 298 Å². The Morgan fingerprint density at radius 3 is 2.47 bits per heavy atom. The van der Waals surface area contributed by atoms with Gasteiger partial charge in [0.25, 0.3) is 11.8 Å². The second kappa shape index (κ2) is 11.4. The van der Waals surface area contributed by atoms with Crippen LogP contribution >= 0.6 is 39.1 Å². The van der Waals surface area contributed by atoms with E-state index in [9.17, 15) is 24.3 Å². The molecule has 3 fully saturated rings. The van der Waals surface area contributed by atoms with Crippen molar-refractivity contribution in [2.45, 2.75) is 35.4 Å². The van der Waals surface area contributed by atoms with Crippen LogP contribution in [0, 0.1) is 17.8 Å². The standard InChI is InChI=1S/C36H28BrCl2N3O7/c1-2-48-27-15-19(9-14-25(27)43)29-21-12-13-22-28(23(21)16-35(38)33(46)41(17-37)34(47)36(29,35)39)32(45)42(31(22)44)20-10-7-18(8-11-20)30-40-24-5-3-4-6-26(24)49-30/h3-12,14-15,22-23,28-29,43H,2,13,16-17H2,1H3. The number of anilines is 1. The average molecular weight is 765 g/mol. The minimum absolute atomic E-state index is 0.110. The van der Waals surface area contributed by atoms with Crippen LogP contribution in [-0.4, -0.2) is 60.4 Å². The fourth-order valence-corrected chi connectivity index (χ4v) is 9.54. The lowest BCUT2D eigenvalue weighted by Gasteiger charge is -2.50. The summed E-state index contributed by atoms with van der Waals surface area (Å²) in [5.74, 6) is -4.88. The number of hydrogen-bond acceptors (Lipinski definition) is 8.